The maximum absolute atomic E-state index is 13.3. The summed E-state index contributed by atoms with van der Waals surface area (Å²) in [5.41, 5.74) is 2.04. The van der Waals surface area contributed by atoms with Gasteiger partial charge < -0.3 is 9.84 Å². The Hall–Kier alpha value is -4.06. The number of aliphatic hydroxyl groups is 1. The molecule has 1 N–H and O–H groups in total. The van der Waals surface area contributed by atoms with Crippen molar-refractivity contribution in [1.82, 2.24) is 15.2 Å². The van der Waals surface area contributed by atoms with E-state index in [1.807, 2.05) is 12.1 Å². The predicted octanol–water partition coefficient (Wildman–Crippen LogP) is 5.29. The first kappa shape index (κ1) is 26.5. The molecule has 2 aromatic carbocycles. The maximum atomic E-state index is 13.3. The summed E-state index contributed by atoms with van der Waals surface area (Å²) in [5, 5.41) is 20.4. The number of hydrogen-bond donors (Lipinski definition) is 1. The van der Waals surface area contributed by atoms with Crippen LogP contribution in [0.15, 0.2) is 83.0 Å². The van der Waals surface area contributed by atoms with Crippen molar-refractivity contribution in [2.75, 3.05) is 12.0 Å². The zero-order valence-corrected chi connectivity index (χ0v) is 22.7. The minimum Gasteiger partial charge on any atom is -0.507 e. The van der Waals surface area contributed by atoms with Crippen molar-refractivity contribution in [2.45, 2.75) is 16.1 Å². The quantitative estimate of drug-likeness (QED) is 0.0778. The topological polar surface area (TPSA) is 123 Å². The maximum Gasteiger partial charge on any atom is 0.337 e. The van der Waals surface area contributed by atoms with Gasteiger partial charge in [-0.3, -0.25) is 19.5 Å². The molecule has 0 bridgehead atoms. The monoisotopic (exact) mass is 578 g/mol. The molecule has 0 radical (unpaired) electrons. The van der Waals surface area contributed by atoms with E-state index < -0.39 is 23.7 Å². The zero-order valence-electron chi connectivity index (χ0n) is 20.3. The molecule has 0 aliphatic carbocycles. The number of ketones is 1. The Kier molecular flexibility index (Phi) is 7.73. The molecule has 5 rings (SSSR count). The average molecular weight is 579 g/mol. The van der Waals surface area contributed by atoms with Crippen LogP contribution in [0.25, 0.3) is 5.76 Å². The van der Waals surface area contributed by atoms with Gasteiger partial charge in [-0.2, -0.15) is 0 Å². The Morgan fingerprint density at radius 3 is 2.38 bits per heavy atom. The number of methoxy groups -OCH3 is 1. The molecule has 9 nitrogen and oxygen atoms in total. The minimum absolute atomic E-state index is 0.109. The van der Waals surface area contributed by atoms with E-state index in [1.165, 1.54) is 60.4 Å². The Bertz CT molecular complexity index is 1570. The fourth-order valence-electron chi connectivity index (χ4n) is 4.01. The van der Waals surface area contributed by atoms with Gasteiger partial charge in [0.25, 0.3) is 5.78 Å². The van der Waals surface area contributed by atoms with Crippen molar-refractivity contribution in [3.8, 4) is 0 Å². The Morgan fingerprint density at radius 1 is 1.03 bits per heavy atom. The SMILES string of the molecule is COC(=O)c1ccc(C2/C(=C(\O)c3ccncc3)C(=O)C(=O)N2c2nnc(SCc3ccc(Cl)cc3)s2)cc1. The minimum atomic E-state index is -1.01. The van der Waals surface area contributed by atoms with Crippen LogP contribution in [0.2, 0.25) is 5.02 Å². The van der Waals surface area contributed by atoms with Gasteiger partial charge in [-0.05, 0) is 47.5 Å². The molecule has 1 fully saturated rings. The molecular weight excluding hydrogens is 560 g/mol. The second-order valence-electron chi connectivity index (χ2n) is 8.28. The van der Waals surface area contributed by atoms with Gasteiger partial charge in [-0.25, -0.2) is 4.79 Å². The van der Waals surface area contributed by atoms with Gasteiger partial charge in [0.2, 0.25) is 5.13 Å². The fourth-order valence-corrected chi connectivity index (χ4v) is 5.96. The summed E-state index contributed by atoms with van der Waals surface area (Å²) in [6, 6.07) is 15.8. The van der Waals surface area contributed by atoms with E-state index in [0.717, 1.165) is 16.9 Å². The van der Waals surface area contributed by atoms with Crippen LogP contribution in [0, 0.1) is 0 Å². The van der Waals surface area contributed by atoms with Crippen molar-refractivity contribution in [2.24, 2.45) is 0 Å². The van der Waals surface area contributed by atoms with Crippen LogP contribution in [0.4, 0.5) is 5.13 Å². The Balaban J connectivity index is 1.53. The zero-order chi connectivity index (χ0) is 27.5. The van der Waals surface area contributed by atoms with Crippen LogP contribution in [-0.4, -0.2) is 45.1 Å². The normalized spacial score (nSPS) is 16.5. The molecule has 2 aromatic heterocycles. The summed E-state index contributed by atoms with van der Waals surface area (Å²) in [7, 11) is 1.28. The molecule has 39 heavy (non-hydrogen) atoms. The number of ether oxygens (including phenoxy) is 1. The Morgan fingerprint density at radius 2 is 1.72 bits per heavy atom. The molecule has 0 spiro atoms. The first-order valence-corrected chi connectivity index (χ1v) is 13.7. The lowest BCUT2D eigenvalue weighted by Crippen LogP contribution is -2.29. The average Bonchev–Trinajstić information content (AvgIpc) is 3.54. The number of pyridine rings is 1. The number of rotatable bonds is 7. The van der Waals surface area contributed by atoms with E-state index in [2.05, 4.69) is 15.2 Å². The predicted molar refractivity (Wildman–Crippen MR) is 148 cm³/mol. The number of benzene rings is 2. The molecule has 1 unspecified atom stereocenters. The van der Waals surface area contributed by atoms with Crippen molar-refractivity contribution in [1.29, 1.82) is 0 Å². The van der Waals surface area contributed by atoms with Gasteiger partial charge in [-0.15, -0.1) is 10.2 Å². The summed E-state index contributed by atoms with van der Waals surface area (Å²) in [6.07, 6.45) is 2.94. The number of aliphatic hydroxyl groups excluding tert-OH is 1. The molecule has 0 saturated carbocycles. The first-order valence-electron chi connectivity index (χ1n) is 11.5. The molecule has 1 amide bonds. The third-order valence-corrected chi connectivity index (χ3v) is 8.30. The lowest BCUT2D eigenvalue weighted by atomic mass is 9.95. The smallest absolute Gasteiger partial charge is 0.337 e. The number of halogens is 1. The molecule has 3 heterocycles. The molecule has 196 valence electrons. The molecular formula is C27H19ClN4O5S2. The van der Waals surface area contributed by atoms with E-state index >= 15 is 0 Å². The second-order valence-corrected chi connectivity index (χ2v) is 10.9. The third kappa shape index (κ3) is 5.42. The molecule has 1 atom stereocenters. The van der Waals surface area contributed by atoms with E-state index in [4.69, 9.17) is 16.3 Å². The number of esters is 1. The summed E-state index contributed by atoms with van der Waals surface area (Å²) >= 11 is 8.55. The van der Waals surface area contributed by atoms with Crippen LogP contribution in [0.3, 0.4) is 0 Å². The van der Waals surface area contributed by atoms with Crippen molar-refractivity contribution >= 4 is 63.3 Å². The molecule has 12 heteroatoms. The van der Waals surface area contributed by atoms with Gasteiger partial charge >= 0.3 is 11.9 Å². The molecule has 1 saturated heterocycles. The van der Waals surface area contributed by atoms with Crippen LogP contribution in [0.5, 0.6) is 0 Å². The van der Waals surface area contributed by atoms with Gasteiger partial charge in [0.15, 0.2) is 4.34 Å². The number of Topliss-reactive ketones (excluding diaryl/α,β-unsaturated/α-hetero) is 1. The summed E-state index contributed by atoms with van der Waals surface area (Å²) < 4.78 is 5.36. The summed E-state index contributed by atoms with van der Waals surface area (Å²) in [4.78, 5) is 43.8. The summed E-state index contributed by atoms with van der Waals surface area (Å²) in [6.45, 7) is 0. The molecule has 4 aromatic rings. The summed E-state index contributed by atoms with van der Waals surface area (Å²) in [5.74, 6) is -1.98. The highest BCUT2D eigenvalue weighted by atomic mass is 35.5. The number of carbonyl (C=O) groups is 3. The standard InChI is InChI=1S/C27H19ClN4O5S2/c1-37-25(36)18-6-4-16(5-7-18)21-20(22(33)17-10-12-29-13-11-17)23(34)24(35)32(21)26-30-31-27(39-26)38-14-15-2-8-19(28)9-3-15/h2-13,21,33H,14H2,1H3/b22-20+. The van der Waals surface area contributed by atoms with Gasteiger partial charge in [-0.1, -0.05) is 59.0 Å². The van der Waals surface area contributed by atoms with Crippen molar-refractivity contribution in [3.05, 3.63) is 106 Å². The van der Waals surface area contributed by atoms with Crippen LogP contribution >= 0.6 is 34.7 Å². The third-order valence-electron chi connectivity index (χ3n) is 5.92. The van der Waals surface area contributed by atoms with E-state index in [0.29, 0.717) is 31.8 Å². The highest BCUT2D eigenvalue weighted by Gasteiger charge is 2.48. The largest absolute Gasteiger partial charge is 0.507 e. The van der Waals surface area contributed by atoms with Gasteiger partial charge in [0.05, 0.1) is 24.3 Å². The number of thioether (sulfide) groups is 1. The lowest BCUT2D eigenvalue weighted by Gasteiger charge is -2.22. The number of amides is 1. The van der Waals surface area contributed by atoms with Crippen LogP contribution in [-0.2, 0) is 20.1 Å². The number of hydrogen-bond acceptors (Lipinski definition) is 10. The Labute approximate surface area is 236 Å². The van der Waals surface area contributed by atoms with Gasteiger partial charge in [0.1, 0.15) is 5.76 Å². The van der Waals surface area contributed by atoms with Crippen molar-refractivity contribution < 1.29 is 24.2 Å². The molecule has 1 aliphatic rings. The first-order chi connectivity index (χ1) is 18.9. The number of aromatic nitrogens is 3. The fraction of sp³-hybridized carbons (Fsp3) is 0.111. The number of carbonyl (C=O) groups excluding carboxylic acids is 3. The van der Waals surface area contributed by atoms with Crippen LogP contribution in [0.1, 0.15) is 33.1 Å². The lowest BCUT2D eigenvalue weighted by molar-refractivity contribution is -0.132. The highest BCUT2D eigenvalue weighted by molar-refractivity contribution is 8.00. The highest BCUT2D eigenvalue weighted by Crippen LogP contribution is 2.44. The second kappa shape index (κ2) is 11.4. The van der Waals surface area contributed by atoms with Gasteiger partial charge in [0, 0.05) is 28.7 Å². The number of anilines is 1. The number of nitrogens with zero attached hydrogens (tertiary/aromatic N) is 4. The van der Waals surface area contributed by atoms with Crippen molar-refractivity contribution in [3.63, 3.8) is 0 Å². The van der Waals surface area contributed by atoms with E-state index in [9.17, 15) is 19.5 Å². The van der Waals surface area contributed by atoms with E-state index in [1.54, 1.807) is 24.3 Å². The molecule has 1 aliphatic heterocycles. The van der Waals surface area contributed by atoms with Crippen LogP contribution < -0.4 is 4.90 Å². The van der Waals surface area contributed by atoms with E-state index in [-0.39, 0.29) is 16.5 Å².